The van der Waals surface area contributed by atoms with Crippen molar-refractivity contribution in [1.29, 1.82) is 0 Å². The Kier molecular flexibility index (Phi) is 8.73. The predicted molar refractivity (Wildman–Crippen MR) is 103 cm³/mol. The fourth-order valence-corrected chi connectivity index (χ4v) is 3.29. The van der Waals surface area contributed by atoms with Crippen molar-refractivity contribution in [2.75, 3.05) is 32.7 Å². The lowest BCUT2D eigenvalue weighted by molar-refractivity contribution is 0.181. The first-order chi connectivity index (χ1) is 12.2. The standard InChI is InChI=1S/C20H33FN4/c1-3-22-20(24-15-18-10-4-5-11-19(18)21)23-12-6-7-13-25-14-8-9-17(2)16-25/h4-5,10-11,17H,3,6-9,12-16H2,1-2H3,(H2,22,23,24). The summed E-state index contributed by atoms with van der Waals surface area (Å²) >= 11 is 0. The third-order valence-electron chi connectivity index (χ3n) is 4.64. The number of guanidine groups is 1. The summed E-state index contributed by atoms with van der Waals surface area (Å²) in [4.78, 5) is 7.07. The fraction of sp³-hybridized carbons (Fsp3) is 0.650. The molecule has 2 rings (SSSR count). The van der Waals surface area contributed by atoms with Crippen molar-refractivity contribution in [3.63, 3.8) is 0 Å². The molecule has 0 aromatic heterocycles. The van der Waals surface area contributed by atoms with Gasteiger partial charge >= 0.3 is 0 Å². The van der Waals surface area contributed by atoms with Gasteiger partial charge in [0.15, 0.2) is 5.96 Å². The van der Waals surface area contributed by atoms with Crippen LogP contribution in [0.15, 0.2) is 29.3 Å². The Morgan fingerprint density at radius 2 is 2.12 bits per heavy atom. The molecule has 4 nitrogen and oxygen atoms in total. The summed E-state index contributed by atoms with van der Waals surface area (Å²) in [5.74, 6) is 1.41. The number of rotatable bonds is 8. The number of nitrogens with one attached hydrogen (secondary N) is 2. The van der Waals surface area contributed by atoms with E-state index in [9.17, 15) is 4.39 Å². The molecule has 1 aliphatic heterocycles. The van der Waals surface area contributed by atoms with Crippen molar-refractivity contribution in [3.8, 4) is 0 Å². The second-order valence-electron chi connectivity index (χ2n) is 6.97. The largest absolute Gasteiger partial charge is 0.357 e. The van der Waals surface area contributed by atoms with Gasteiger partial charge in [0.05, 0.1) is 6.54 Å². The second-order valence-corrected chi connectivity index (χ2v) is 6.97. The molecule has 1 fully saturated rings. The van der Waals surface area contributed by atoms with Crippen LogP contribution in [0.2, 0.25) is 0 Å². The van der Waals surface area contributed by atoms with E-state index in [0.717, 1.165) is 31.4 Å². The van der Waals surface area contributed by atoms with Crippen LogP contribution in [0.25, 0.3) is 0 Å². The van der Waals surface area contributed by atoms with Crippen molar-refractivity contribution in [1.82, 2.24) is 15.5 Å². The van der Waals surface area contributed by atoms with Crippen LogP contribution in [-0.4, -0.2) is 43.6 Å². The van der Waals surface area contributed by atoms with Crippen LogP contribution >= 0.6 is 0 Å². The Hall–Kier alpha value is -1.62. The number of unbranched alkanes of at least 4 members (excludes halogenated alkanes) is 1. The lowest BCUT2D eigenvalue weighted by Gasteiger charge is -2.30. The topological polar surface area (TPSA) is 39.7 Å². The monoisotopic (exact) mass is 348 g/mol. The van der Waals surface area contributed by atoms with Crippen LogP contribution < -0.4 is 10.6 Å². The average molecular weight is 349 g/mol. The van der Waals surface area contributed by atoms with Crippen LogP contribution in [-0.2, 0) is 6.54 Å². The van der Waals surface area contributed by atoms with Gasteiger partial charge in [-0.15, -0.1) is 0 Å². The first-order valence-electron chi connectivity index (χ1n) is 9.67. The van der Waals surface area contributed by atoms with Gasteiger partial charge in [0.25, 0.3) is 0 Å². The van der Waals surface area contributed by atoms with Gasteiger partial charge in [-0.3, -0.25) is 0 Å². The molecule has 0 bridgehead atoms. The van der Waals surface area contributed by atoms with E-state index in [4.69, 9.17) is 0 Å². The minimum atomic E-state index is -0.196. The summed E-state index contributed by atoms with van der Waals surface area (Å²) in [5.41, 5.74) is 0.624. The van der Waals surface area contributed by atoms with Crippen LogP contribution in [0.1, 0.15) is 45.1 Å². The van der Waals surface area contributed by atoms with Crippen LogP contribution in [0.3, 0.4) is 0 Å². The quantitative estimate of drug-likeness (QED) is 0.430. The maximum Gasteiger partial charge on any atom is 0.191 e. The van der Waals surface area contributed by atoms with Gasteiger partial charge in [0, 0.05) is 25.2 Å². The predicted octanol–water partition coefficient (Wildman–Crippen LogP) is 3.39. The zero-order chi connectivity index (χ0) is 17.9. The number of likely N-dealkylation sites (tertiary alicyclic amines) is 1. The van der Waals surface area contributed by atoms with E-state index in [0.29, 0.717) is 12.1 Å². The minimum Gasteiger partial charge on any atom is -0.357 e. The van der Waals surface area contributed by atoms with Crippen molar-refractivity contribution < 1.29 is 4.39 Å². The molecule has 1 saturated heterocycles. The lowest BCUT2D eigenvalue weighted by Crippen LogP contribution is -2.38. The summed E-state index contributed by atoms with van der Waals surface area (Å²) in [7, 11) is 0. The third-order valence-corrected chi connectivity index (χ3v) is 4.64. The van der Waals surface area contributed by atoms with Crippen LogP contribution in [0.4, 0.5) is 4.39 Å². The number of halogens is 1. The first kappa shape index (κ1) is 19.7. The zero-order valence-corrected chi connectivity index (χ0v) is 15.7. The van der Waals surface area contributed by atoms with Gasteiger partial charge in [-0.1, -0.05) is 25.1 Å². The van der Waals surface area contributed by atoms with Gasteiger partial charge in [-0.25, -0.2) is 9.38 Å². The number of piperidine rings is 1. The number of aliphatic imine (C=N–C) groups is 1. The zero-order valence-electron chi connectivity index (χ0n) is 15.7. The lowest BCUT2D eigenvalue weighted by atomic mass is 10.0. The Labute approximate surface area is 151 Å². The SMILES string of the molecule is CCNC(=NCc1ccccc1F)NCCCCN1CCCC(C)C1. The fourth-order valence-electron chi connectivity index (χ4n) is 3.29. The smallest absolute Gasteiger partial charge is 0.191 e. The molecule has 1 aromatic rings. The second kappa shape index (κ2) is 11.1. The maximum atomic E-state index is 13.7. The molecule has 2 N–H and O–H groups in total. The molecule has 0 aliphatic carbocycles. The Bertz CT molecular complexity index is 532. The highest BCUT2D eigenvalue weighted by atomic mass is 19.1. The normalized spacial score (nSPS) is 19.0. The summed E-state index contributed by atoms with van der Waals surface area (Å²) in [6.07, 6.45) is 5.04. The van der Waals surface area contributed by atoms with E-state index < -0.39 is 0 Å². The van der Waals surface area contributed by atoms with Crippen molar-refractivity contribution >= 4 is 5.96 Å². The Morgan fingerprint density at radius 3 is 2.88 bits per heavy atom. The van der Waals surface area contributed by atoms with E-state index in [1.165, 1.54) is 45.0 Å². The molecular formula is C20H33FN4. The molecule has 1 heterocycles. The summed E-state index contributed by atoms with van der Waals surface area (Å²) in [5, 5.41) is 6.58. The highest BCUT2D eigenvalue weighted by molar-refractivity contribution is 5.79. The van der Waals surface area contributed by atoms with Gasteiger partial charge in [-0.2, -0.15) is 0 Å². The molecule has 140 valence electrons. The molecule has 5 heteroatoms. The van der Waals surface area contributed by atoms with Gasteiger partial charge in [0.1, 0.15) is 5.82 Å². The summed E-state index contributed by atoms with van der Waals surface area (Å²) < 4.78 is 13.7. The van der Waals surface area contributed by atoms with Gasteiger partial charge < -0.3 is 15.5 Å². The highest BCUT2D eigenvalue weighted by Gasteiger charge is 2.15. The molecule has 1 atom stereocenters. The summed E-state index contributed by atoms with van der Waals surface area (Å²) in [6, 6.07) is 6.81. The van der Waals surface area contributed by atoms with E-state index in [1.54, 1.807) is 12.1 Å². The van der Waals surface area contributed by atoms with Gasteiger partial charge in [0.2, 0.25) is 0 Å². The molecule has 0 spiro atoms. The number of benzene rings is 1. The molecule has 0 saturated carbocycles. The van der Waals surface area contributed by atoms with Crippen molar-refractivity contribution in [3.05, 3.63) is 35.6 Å². The molecule has 1 aliphatic rings. The van der Waals surface area contributed by atoms with Crippen LogP contribution in [0, 0.1) is 11.7 Å². The van der Waals surface area contributed by atoms with Crippen molar-refractivity contribution in [2.24, 2.45) is 10.9 Å². The molecule has 0 amide bonds. The summed E-state index contributed by atoms with van der Waals surface area (Å²) in [6.45, 7) is 10.1. The Morgan fingerprint density at radius 1 is 1.28 bits per heavy atom. The number of hydrogen-bond donors (Lipinski definition) is 2. The number of hydrogen-bond acceptors (Lipinski definition) is 2. The first-order valence-corrected chi connectivity index (χ1v) is 9.67. The van der Waals surface area contributed by atoms with Crippen molar-refractivity contribution in [2.45, 2.75) is 46.1 Å². The van der Waals surface area contributed by atoms with E-state index in [1.807, 2.05) is 13.0 Å². The average Bonchev–Trinajstić information content (AvgIpc) is 2.60. The number of nitrogens with zero attached hydrogens (tertiary/aromatic N) is 2. The van der Waals surface area contributed by atoms with E-state index >= 15 is 0 Å². The Balaban J connectivity index is 1.68. The molecule has 25 heavy (non-hydrogen) atoms. The highest BCUT2D eigenvalue weighted by Crippen LogP contribution is 2.15. The van der Waals surface area contributed by atoms with Crippen LogP contribution in [0.5, 0.6) is 0 Å². The van der Waals surface area contributed by atoms with Gasteiger partial charge in [-0.05, 0) is 57.7 Å². The molecule has 0 radical (unpaired) electrons. The molecule has 1 unspecified atom stereocenters. The molecular weight excluding hydrogens is 315 g/mol. The minimum absolute atomic E-state index is 0.196. The maximum absolute atomic E-state index is 13.7. The molecule has 1 aromatic carbocycles. The van der Waals surface area contributed by atoms with E-state index in [-0.39, 0.29) is 5.82 Å². The third kappa shape index (κ3) is 7.43. The van der Waals surface area contributed by atoms with E-state index in [2.05, 4.69) is 27.4 Å².